The second kappa shape index (κ2) is 5.51. The van der Waals surface area contributed by atoms with E-state index >= 15 is 0 Å². The second-order valence-corrected chi connectivity index (χ2v) is 5.11. The molecule has 1 aliphatic heterocycles. The molecule has 0 aromatic carbocycles. The minimum Gasteiger partial charge on any atom is -0.495 e. The smallest absolute Gasteiger partial charge is 0.267 e. The number of likely N-dealkylation sites (tertiary alicyclic amines) is 1. The molecule has 0 spiro atoms. The van der Waals surface area contributed by atoms with Gasteiger partial charge in [-0.1, -0.05) is 0 Å². The molecule has 1 aromatic rings. The van der Waals surface area contributed by atoms with Crippen molar-refractivity contribution in [3.8, 4) is 5.75 Å². The van der Waals surface area contributed by atoms with Gasteiger partial charge < -0.3 is 15.0 Å². The van der Waals surface area contributed by atoms with Gasteiger partial charge in [-0.2, -0.15) is 0 Å². The number of rotatable bonds is 3. The van der Waals surface area contributed by atoms with Gasteiger partial charge in [0.1, 0.15) is 10.6 Å². The molecule has 1 saturated heterocycles. The molecule has 94 valence electrons. The van der Waals surface area contributed by atoms with Gasteiger partial charge in [0.05, 0.1) is 7.11 Å². The number of hydrogen-bond acceptors (Lipinski definition) is 4. The molecule has 1 fully saturated rings. The lowest BCUT2D eigenvalue weighted by Gasteiger charge is -2.32. The Kier molecular flexibility index (Phi) is 4.02. The number of piperidine rings is 1. The highest BCUT2D eigenvalue weighted by Gasteiger charge is 2.26. The van der Waals surface area contributed by atoms with E-state index in [-0.39, 0.29) is 5.91 Å². The maximum Gasteiger partial charge on any atom is 0.267 e. The van der Waals surface area contributed by atoms with Crippen LogP contribution in [-0.2, 0) is 0 Å². The first-order valence-corrected chi connectivity index (χ1v) is 6.72. The summed E-state index contributed by atoms with van der Waals surface area (Å²) in [4.78, 5) is 15.0. The number of carbonyl (C=O) groups is 1. The molecule has 0 bridgehead atoms. The van der Waals surface area contributed by atoms with E-state index in [1.54, 1.807) is 7.11 Å². The lowest BCUT2D eigenvalue weighted by Crippen LogP contribution is -2.46. The minimum atomic E-state index is 0.0943. The van der Waals surface area contributed by atoms with E-state index in [0.29, 0.717) is 16.7 Å². The van der Waals surface area contributed by atoms with Crippen LogP contribution in [0.15, 0.2) is 11.4 Å². The van der Waals surface area contributed by atoms with Gasteiger partial charge in [-0.05, 0) is 31.3 Å². The van der Waals surface area contributed by atoms with Crippen LogP contribution in [-0.4, -0.2) is 44.1 Å². The number of hydrogen-bond donors (Lipinski definition) is 1. The maximum absolute atomic E-state index is 12.3. The zero-order valence-electron chi connectivity index (χ0n) is 10.2. The third kappa shape index (κ3) is 2.61. The number of nitrogens with zero attached hydrogens (tertiary/aromatic N) is 1. The zero-order chi connectivity index (χ0) is 12.3. The van der Waals surface area contributed by atoms with Crippen molar-refractivity contribution in [2.45, 2.75) is 18.9 Å². The van der Waals surface area contributed by atoms with Crippen molar-refractivity contribution in [2.75, 3.05) is 27.2 Å². The molecule has 0 aliphatic carbocycles. The van der Waals surface area contributed by atoms with Crippen molar-refractivity contribution in [3.05, 3.63) is 16.3 Å². The normalized spacial score (nSPS) is 20.4. The van der Waals surface area contributed by atoms with Crippen molar-refractivity contribution in [1.82, 2.24) is 10.2 Å². The number of carbonyl (C=O) groups excluding carboxylic acids is 1. The first-order chi connectivity index (χ1) is 8.26. The summed E-state index contributed by atoms with van der Waals surface area (Å²) in [5.41, 5.74) is 0. The van der Waals surface area contributed by atoms with Crippen LogP contribution in [0.3, 0.4) is 0 Å². The maximum atomic E-state index is 12.3. The Morgan fingerprint density at radius 2 is 2.47 bits per heavy atom. The van der Waals surface area contributed by atoms with Crippen LogP contribution in [0.1, 0.15) is 22.5 Å². The summed E-state index contributed by atoms with van der Waals surface area (Å²) in [6.45, 7) is 1.63. The Balaban J connectivity index is 2.09. The average Bonchev–Trinajstić information content (AvgIpc) is 2.86. The van der Waals surface area contributed by atoms with Gasteiger partial charge in [-0.15, -0.1) is 11.3 Å². The molecular formula is C12H18N2O2S. The fourth-order valence-electron chi connectivity index (χ4n) is 2.16. The van der Waals surface area contributed by atoms with Crippen molar-refractivity contribution < 1.29 is 9.53 Å². The zero-order valence-corrected chi connectivity index (χ0v) is 11.0. The van der Waals surface area contributed by atoms with Gasteiger partial charge in [-0.3, -0.25) is 4.79 Å². The van der Waals surface area contributed by atoms with Crippen LogP contribution in [0.25, 0.3) is 0 Å². The monoisotopic (exact) mass is 254 g/mol. The standard InChI is InChI=1S/C12H18N2O2S/c1-13-9-4-3-6-14(8-9)12(15)11-10(16-2)5-7-17-11/h5,7,9,13H,3-4,6,8H2,1-2H3/t9-/m0/s1. The first-order valence-electron chi connectivity index (χ1n) is 5.84. The molecular weight excluding hydrogens is 236 g/mol. The molecule has 1 amide bonds. The van der Waals surface area contributed by atoms with Gasteiger partial charge >= 0.3 is 0 Å². The number of thiophene rings is 1. The molecule has 1 N–H and O–H groups in total. The predicted octanol–water partition coefficient (Wildman–Crippen LogP) is 1.58. The van der Waals surface area contributed by atoms with E-state index in [1.807, 2.05) is 23.4 Å². The van der Waals surface area contributed by atoms with Crippen LogP contribution < -0.4 is 10.1 Å². The predicted molar refractivity (Wildman–Crippen MR) is 68.9 cm³/mol. The van der Waals surface area contributed by atoms with E-state index in [4.69, 9.17) is 4.74 Å². The summed E-state index contributed by atoms with van der Waals surface area (Å²) < 4.78 is 5.20. The quantitative estimate of drug-likeness (QED) is 0.890. The molecule has 17 heavy (non-hydrogen) atoms. The van der Waals surface area contributed by atoms with Crippen molar-refractivity contribution in [1.29, 1.82) is 0 Å². The summed E-state index contributed by atoms with van der Waals surface area (Å²) in [5.74, 6) is 0.781. The molecule has 0 unspecified atom stereocenters. The Hall–Kier alpha value is -1.07. The van der Waals surface area contributed by atoms with E-state index in [9.17, 15) is 4.79 Å². The summed E-state index contributed by atoms with van der Waals surface area (Å²) in [7, 11) is 3.55. The molecule has 0 radical (unpaired) electrons. The van der Waals surface area contributed by atoms with Crippen molar-refractivity contribution in [3.63, 3.8) is 0 Å². The Bertz CT molecular complexity index is 392. The SMILES string of the molecule is CN[C@H]1CCCN(C(=O)c2sccc2OC)C1. The molecule has 5 heteroatoms. The molecule has 2 rings (SSSR count). The molecule has 1 aliphatic rings. The summed E-state index contributed by atoms with van der Waals surface area (Å²) in [6.07, 6.45) is 2.20. The number of methoxy groups -OCH3 is 1. The van der Waals surface area contributed by atoms with Gasteiger partial charge in [0.15, 0.2) is 0 Å². The van der Waals surface area contributed by atoms with Crippen LogP contribution in [0.4, 0.5) is 0 Å². The van der Waals surface area contributed by atoms with E-state index in [2.05, 4.69) is 5.32 Å². The molecule has 1 atom stereocenters. The molecule has 1 aromatic heterocycles. The largest absolute Gasteiger partial charge is 0.495 e. The fraction of sp³-hybridized carbons (Fsp3) is 0.583. The van der Waals surface area contributed by atoms with E-state index in [0.717, 1.165) is 25.9 Å². The molecule has 0 saturated carbocycles. The van der Waals surface area contributed by atoms with Gasteiger partial charge in [-0.25, -0.2) is 0 Å². The van der Waals surface area contributed by atoms with Crippen LogP contribution >= 0.6 is 11.3 Å². The first kappa shape index (κ1) is 12.4. The number of amides is 1. The van der Waals surface area contributed by atoms with Gasteiger partial charge in [0.2, 0.25) is 0 Å². The van der Waals surface area contributed by atoms with Gasteiger partial charge in [0.25, 0.3) is 5.91 Å². The fourth-order valence-corrected chi connectivity index (χ4v) is 2.98. The van der Waals surface area contributed by atoms with E-state index in [1.165, 1.54) is 11.3 Å². The minimum absolute atomic E-state index is 0.0943. The van der Waals surface area contributed by atoms with Crippen molar-refractivity contribution in [2.24, 2.45) is 0 Å². The Morgan fingerprint density at radius 1 is 1.65 bits per heavy atom. The Morgan fingerprint density at radius 3 is 3.18 bits per heavy atom. The van der Waals surface area contributed by atoms with Crippen molar-refractivity contribution >= 4 is 17.2 Å². The highest BCUT2D eigenvalue weighted by Crippen LogP contribution is 2.27. The highest BCUT2D eigenvalue weighted by atomic mass is 32.1. The lowest BCUT2D eigenvalue weighted by molar-refractivity contribution is 0.0700. The number of likely N-dealkylation sites (N-methyl/N-ethyl adjacent to an activating group) is 1. The third-order valence-electron chi connectivity index (χ3n) is 3.16. The summed E-state index contributed by atoms with van der Waals surface area (Å²) in [6, 6.07) is 2.26. The van der Waals surface area contributed by atoms with Crippen LogP contribution in [0.2, 0.25) is 0 Å². The van der Waals surface area contributed by atoms with Crippen LogP contribution in [0, 0.1) is 0 Å². The Labute approximate surface area is 106 Å². The second-order valence-electron chi connectivity index (χ2n) is 4.20. The lowest BCUT2D eigenvalue weighted by atomic mass is 10.1. The molecule has 2 heterocycles. The van der Waals surface area contributed by atoms with E-state index < -0.39 is 0 Å². The highest BCUT2D eigenvalue weighted by molar-refractivity contribution is 7.12. The topological polar surface area (TPSA) is 41.6 Å². The summed E-state index contributed by atoms with van der Waals surface area (Å²) in [5, 5.41) is 5.14. The van der Waals surface area contributed by atoms with Gasteiger partial charge in [0, 0.05) is 19.1 Å². The number of nitrogens with one attached hydrogen (secondary N) is 1. The third-order valence-corrected chi connectivity index (χ3v) is 4.04. The number of ether oxygens (including phenoxy) is 1. The van der Waals surface area contributed by atoms with Crippen LogP contribution in [0.5, 0.6) is 5.75 Å². The molecule has 4 nitrogen and oxygen atoms in total. The summed E-state index contributed by atoms with van der Waals surface area (Å²) >= 11 is 1.45. The average molecular weight is 254 g/mol.